The maximum Gasteiger partial charge on any atom is -0.0228 e. The van der Waals surface area contributed by atoms with Crippen LogP contribution in [0.15, 0.2) is 11.6 Å². The van der Waals surface area contributed by atoms with Crippen LogP contribution in [0.25, 0.3) is 0 Å². The summed E-state index contributed by atoms with van der Waals surface area (Å²) in [5.74, 6) is 0.999. The van der Waals surface area contributed by atoms with Gasteiger partial charge in [0.15, 0.2) is 0 Å². The van der Waals surface area contributed by atoms with E-state index in [0.717, 1.165) is 5.92 Å². The topological polar surface area (TPSA) is 0 Å². The molecule has 0 radical (unpaired) electrons. The normalized spacial score (nSPS) is 35.0. The molecule has 8 heavy (non-hydrogen) atoms. The Labute approximate surface area is 50.6 Å². The first-order valence-corrected chi connectivity index (χ1v) is 3.65. The molecule has 2 bridgehead atoms. The average molecular weight is 108 g/mol. The van der Waals surface area contributed by atoms with E-state index in [2.05, 4.69) is 6.08 Å². The van der Waals surface area contributed by atoms with Crippen molar-refractivity contribution >= 4 is 0 Å². The first-order valence-electron chi connectivity index (χ1n) is 3.65. The predicted molar refractivity (Wildman–Crippen MR) is 34.7 cm³/mol. The van der Waals surface area contributed by atoms with E-state index < -0.39 is 0 Å². The van der Waals surface area contributed by atoms with Crippen LogP contribution in [0.3, 0.4) is 0 Å². The van der Waals surface area contributed by atoms with E-state index in [0.29, 0.717) is 0 Å². The molecule has 2 aliphatic rings. The standard InChI is InChI=1S/C8H12/c1-2-7-4-5-8(3-1)6-7/h6-7H,1-5H2. The van der Waals surface area contributed by atoms with Gasteiger partial charge in [0.2, 0.25) is 0 Å². The van der Waals surface area contributed by atoms with Crippen molar-refractivity contribution in [2.75, 3.05) is 0 Å². The Kier molecular flexibility index (Phi) is 0.927. The molecule has 1 atom stereocenters. The fraction of sp³-hybridized carbons (Fsp3) is 0.750. The third-order valence-electron chi connectivity index (χ3n) is 2.38. The van der Waals surface area contributed by atoms with Crippen LogP contribution in [0, 0.1) is 5.92 Å². The van der Waals surface area contributed by atoms with Crippen LogP contribution in [0.4, 0.5) is 0 Å². The maximum absolute atomic E-state index is 2.50. The minimum absolute atomic E-state index is 0.999. The van der Waals surface area contributed by atoms with E-state index in [1.54, 1.807) is 5.57 Å². The van der Waals surface area contributed by atoms with Gasteiger partial charge in [0.05, 0.1) is 0 Å². The van der Waals surface area contributed by atoms with Gasteiger partial charge in [-0.2, -0.15) is 0 Å². The highest BCUT2D eigenvalue weighted by atomic mass is 14.2. The van der Waals surface area contributed by atoms with E-state index >= 15 is 0 Å². The van der Waals surface area contributed by atoms with E-state index in [1.165, 1.54) is 32.1 Å². The van der Waals surface area contributed by atoms with Crippen LogP contribution in [0.5, 0.6) is 0 Å². The number of allylic oxidation sites excluding steroid dienone is 2. The first kappa shape index (κ1) is 4.60. The Morgan fingerprint density at radius 1 is 1.25 bits per heavy atom. The maximum atomic E-state index is 2.50. The lowest BCUT2D eigenvalue weighted by molar-refractivity contribution is 0.563. The van der Waals surface area contributed by atoms with Crippen molar-refractivity contribution in [2.24, 2.45) is 5.92 Å². The van der Waals surface area contributed by atoms with Crippen molar-refractivity contribution in [1.82, 2.24) is 0 Å². The fourth-order valence-corrected chi connectivity index (χ4v) is 1.90. The third kappa shape index (κ3) is 0.594. The number of hydrogen-bond donors (Lipinski definition) is 0. The number of hydrogen-bond acceptors (Lipinski definition) is 0. The quantitative estimate of drug-likeness (QED) is 0.418. The van der Waals surface area contributed by atoms with E-state index in [1.807, 2.05) is 0 Å². The summed E-state index contributed by atoms with van der Waals surface area (Å²) in [4.78, 5) is 0. The molecule has 1 unspecified atom stereocenters. The highest BCUT2D eigenvalue weighted by molar-refractivity contribution is 5.13. The molecule has 0 amide bonds. The zero-order valence-corrected chi connectivity index (χ0v) is 5.19. The van der Waals surface area contributed by atoms with Crippen molar-refractivity contribution in [1.29, 1.82) is 0 Å². The van der Waals surface area contributed by atoms with Crippen LogP contribution >= 0.6 is 0 Å². The minimum atomic E-state index is 0.999. The Morgan fingerprint density at radius 2 is 2.25 bits per heavy atom. The van der Waals surface area contributed by atoms with E-state index in [-0.39, 0.29) is 0 Å². The van der Waals surface area contributed by atoms with Gasteiger partial charge < -0.3 is 0 Å². The van der Waals surface area contributed by atoms with Gasteiger partial charge in [0.1, 0.15) is 0 Å². The van der Waals surface area contributed by atoms with Crippen molar-refractivity contribution in [3.63, 3.8) is 0 Å². The summed E-state index contributed by atoms with van der Waals surface area (Å²) in [5, 5.41) is 0. The van der Waals surface area contributed by atoms with Gasteiger partial charge in [-0.3, -0.25) is 0 Å². The van der Waals surface area contributed by atoms with E-state index in [4.69, 9.17) is 0 Å². The van der Waals surface area contributed by atoms with Gasteiger partial charge in [-0.1, -0.05) is 11.6 Å². The van der Waals surface area contributed by atoms with E-state index in [9.17, 15) is 0 Å². The molecule has 44 valence electrons. The smallest absolute Gasteiger partial charge is 0.0228 e. The molecule has 0 N–H and O–H groups in total. The molecule has 2 aliphatic carbocycles. The summed E-state index contributed by atoms with van der Waals surface area (Å²) in [5.41, 5.74) is 1.75. The minimum Gasteiger partial charge on any atom is -0.0822 e. The zero-order chi connectivity index (χ0) is 5.40. The summed E-state index contributed by atoms with van der Waals surface area (Å²) in [6.45, 7) is 0. The molecule has 0 nitrogen and oxygen atoms in total. The largest absolute Gasteiger partial charge is 0.0822 e. The highest BCUT2D eigenvalue weighted by Gasteiger charge is 2.19. The summed E-state index contributed by atoms with van der Waals surface area (Å²) < 4.78 is 0. The van der Waals surface area contributed by atoms with Gasteiger partial charge in [0, 0.05) is 0 Å². The second-order valence-electron chi connectivity index (χ2n) is 3.02. The molecule has 0 saturated carbocycles. The Balaban J connectivity index is 2.20. The number of rotatable bonds is 0. The fourth-order valence-electron chi connectivity index (χ4n) is 1.90. The molecule has 2 rings (SSSR count). The number of fused-ring (bicyclic) bond motifs is 1. The second-order valence-corrected chi connectivity index (χ2v) is 3.02. The predicted octanol–water partition coefficient (Wildman–Crippen LogP) is 2.51. The van der Waals surface area contributed by atoms with Crippen LogP contribution in [-0.4, -0.2) is 0 Å². The highest BCUT2D eigenvalue weighted by Crippen LogP contribution is 2.35. The van der Waals surface area contributed by atoms with Crippen molar-refractivity contribution in [3.05, 3.63) is 11.6 Å². The van der Waals surface area contributed by atoms with Gasteiger partial charge in [-0.05, 0) is 38.0 Å². The molecule has 0 spiro atoms. The molecule has 0 heteroatoms. The van der Waals surface area contributed by atoms with Crippen molar-refractivity contribution < 1.29 is 0 Å². The molecule has 0 aromatic carbocycles. The second kappa shape index (κ2) is 1.61. The summed E-state index contributed by atoms with van der Waals surface area (Å²) >= 11 is 0. The Bertz CT molecular complexity index is 122. The summed E-state index contributed by atoms with van der Waals surface area (Å²) in [6, 6.07) is 0. The lowest BCUT2D eigenvalue weighted by Crippen LogP contribution is -1.92. The van der Waals surface area contributed by atoms with Crippen LogP contribution < -0.4 is 0 Å². The molecular weight excluding hydrogens is 96.1 g/mol. The van der Waals surface area contributed by atoms with Crippen LogP contribution in [-0.2, 0) is 0 Å². The zero-order valence-electron chi connectivity index (χ0n) is 5.19. The monoisotopic (exact) mass is 108 g/mol. The molecule has 0 fully saturated rings. The molecular formula is C8H12. The molecule has 0 aliphatic heterocycles. The SMILES string of the molecule is C1=C2CCCC1CC2. The van der Waals surface area contributed by atoms with Gasteiger partial charge in [0.25, 0.3) is 0 Å². The molecule has 0 aromatic rings. The van der Waals surface area contributed by atoms with Crippen LogP contribution in [0.2, 0.25) is 0 Å². The summed E-state index contributed by atoms with van der Waals surface area (Å²) in [7, 11) is 0. The van der Waals surface area contributed by atoms with Gasteiger partial charge >= 0.3 is 0 Å². The molecule has 0 heterocycles. The van der Waals surface area contributed by atoms with Gasteiger partial charge in [-0.15, -0.1) is 0 Å². The third-order valence-corrected chi connectivity index (χ3v) is 2.38. The molecule has 0 saturated heterocycles. The lowest BCUT2D eigenvalue weighted by atomic mass is 9.98. The lowest BCUT2D eigenvalue weighted by Gasteiger charge is -2.08. The van der Waals surface area contributed by atoms with Gasteiger partial charge in [-0.25, -0.2) is 0 Å². The van der Waals surface area contributed by atoms with Crippen molar-refractivity contribution in [3.8, 4) is 0 Å². The first-order chi connectivity index (χ1) is 3.95. The Hall–Kier alpha value is -0.260. The van der Waals surface area contributed by atoms with Crippen molar-refractivity contribution in [2.45, 2.75) is 32.1 Å². The Morgan fingerprint density at radius 3 is 3.00 bits per heavy atom. The van der Waals surface area contributed by atoms with Crippen LogP contribution in [0.1, 0.15) is 32.1 Å². The molecule has 0 aromatic heterocycles. The average Bonchev–Trinajstić information content (AvgIpc) is 2.12. The summed E-state index contributed by atoms with van der Waals surface area (Å²) in [6.07, 6.45) is 9.75.